The summed E-state index contributed by atoms with van der Waals surface area (Å²) in [7, 11) is 0. The van der Waals surface area contributed by atoms with Crippen LogP contribution in [0.5, 0.6) is 0 Å². The van der Waals surface area contributed by atoms with Crippen molar-refractivity contribution in [3.63, 3.8) is 0 Å². The number of rotatable bonds is 7. The van der Waals surface area contributed by atoms with Gasteiger partial charge in [-0.25, -0.2) is 0 Å². The maximum Gasteiger partial charge on any atom is 0.0459 e. The van der Waals surface area contributed by atoms with Crippen LogP contribution in [-0.4, -0.2) is 4.98 Å². The van der Waals surface area contributed by atoms with Gasteiger partial charge in [0, 0.05) is 21.1 Å². The molecular formula is C22H32BrN. The van der Waals surface area contributed by atoms with Crippen molar-refractivity contribution in [3.8, 4) is 0 Å². The van der Waals surface area contributed by atoms with Gasteiger partial charge in [0.2, 0.25) is 0 Å². The highest BCUT2D eigenvalue weighted by molar-refractivity contribution is 9.10. The molecule has 1 heterocycles. The number of H-pyrrole nitrogens is 1. The molecule has 3 rings (SSSR count). The summed E-state index contributed by atoms with van der Waals surface area (Å²) in [4.78, 5) is 3.65. The third kappa shape index (κ3) is 4.45. The van der Waals surface area contributed by atoms with Crippen LogP contribution in [0.3, 0.4) is 0 Å². The zero-order chi connectivity index (χ0) is 17.1. The molecule has 1 aromatic heterocycles. The van der Waals surface area contributed by atoms with Gasteiger partial charge in [0.25, 0.3) is 0 Å². The number of fused-ring (bicyclic) bond motifs is 3. The van der Waals surface area contributed by atoms with Crippen LogP contribution in [0.2, 0.25) is 0 Å². The molecule has 1 N–H and O–H groups in total. The zero-order valence-electron chi connectivity index (χ0n) is 15.5. The minimum atomic E-state index is 0.857. The van der Waals surface area contributed by atoms with Crippen LogP contribution in [0.15, 0.2) is 22.7 Å². The Morgan fingerprint density at radius 2 is 2.00 bits per heavy atom. The summed E-state index contributed by atoms with van der Waals surface area (Å²) in [5, 5.41) is 1.44. The smallest absolute Gasteiger partial charge is 0.0459 e. The summed E-state index contributed by atoms with van der Waals surface area (Å²) in [5.74, 6) is 2.63. The SMILES string of the molecule is CC(C)CCCC(C)CCC1CCc2[nH]c3ccc(Br)cc3c2C1. The fourth-order valence-electron chi connectivity index (χ4n) is 4.25. The largest absolute Gasteiger partial charge is 0.358 e. The van der Waals surface area contributed by atoms with E-state index in [-0.39, 0.29) is 0 Å². The van der Waals surface area contributed by atoms with E-state index in [0.29, 0.717) is 0 Å². The van der Waals surface area contributed by atoms with Crippen LogP contribution in [0.25, 0.3) is 10.9 Å². The van der Waals surface area contributed by atoms with E-state index in [9.17, 15) is 0 Å². The highest BCUT2D eigenvalue weighted by Crippen LogP contribution is 2.35. The van der Waals surface area contributed by atoms with Crippen molar-refractivity contribution in [2.45, 2.75) is 72.1 Å². The summed E-state index contributed by atoms with van der Waals surface area (Å²) < 4.78 is 1.19. The third-order valence-electron chi connectivity index (χ3n) is 5.80. The van der Waals surface area contributed by atoms with Crippen LogP contribution in [0.4, 0.5) is 0 Å². The minimum Gasteiger partial charge on any atom is -0.358 e. The molecule has 0 saturated heterocycles. The Hall–Kier alpha value is -0.760. The van der Waals surface area contributed by atoms with Crippen LogP contribution in [0.1, 0.15) is 70.6 Å². The molecule has 1 nitrogen and oxygen atoms in total. The van der Waals surface area contributed by atoms with Crippen molar-refractivity contribution in [3.05, 3.63) is 33.9 Å². The molecule has 0 saturated carbocycles. The summed E-state index contributed by atoms with van der Waals surface area (Å²) in [5.41, 5.74) is 4.39. The summed E-state index contributed by atoms with van der Waals surface area (Å²) in [6, 6.07) is 6.64. The summed E-state index contributed by atoms with van der Waals surface area (Å²) in [6.07, 6.45) is 10.9. The van der Waals surface area contributed by atoms with Crippen molar-refractivity contribution < 1.29 is 0 Å². The maximum atomic E-state index is 3.65. The molecule has 0 spiro atoms. The first kappa shape index (κ1) is 18.0. The fraction of sp³-hybridized carbons (Fsp3) is 0.636. The highest BCUT2D eigenvalue weighted by Gasteiger charge is 2.22. The van der Waals surface area contributed by atoms with Crippen molar-refractivity contribution in [1.29, 1.82) is 0 Å². The number of hydrogen-bond donors (Lipinski definition) is 1. The second-order valence-corrected chi connectivity index (χ2v) is 9.30. The Morgan fingerprint density at radius 3 is 2.79 bits per heavy atom. The fourth-order valence-corrected chi connectivity index (χ4v) is 4.61. The molecule has 1 aliphatic carbocycles. The lowest BCUT2D eigenvalue weighted by atomic mass is 9.82. The van der Waals surface area contributed by atoms with Gasteiger partial charge in [-0.2, -0.15) is 0 Å². The number of aryl methyl sites for hydroxylation is 1. The standard InChI is InChI=1S/C22H32BrN/c1-15(2)5-4-6-16(3)7-8-17-9-11-21-19(13-17)20-14-18(23)10-12-22(20)24-21/h10,12,14-17,24H,4-9,11,13H2,1-3H3. The van der Waals surface area contributed by atoms with E-state index >= 15 is 0 Å². The monoisotopic (exact) mass is 389 g/mol. The van der Waals surface area contributed by atoms with Gasteiger partial charge >= 0.3 is 0 Å². The van der Waals surface area contributed by atoms with E-state index in [2.05, 4.69) is 59.9 Å². The summed E-state index contributed by atoms with van der Waals surface area (Å²) >= 11 is 3.63. The lowest BCUT2D eigenvalue weighted by Crippen LogP contribution is -2.14. The van der Waals surface area contributed by atoms with Crippen LogP contribution in [0, 0.1) is 17.8 Å². The van der Waals surface area contributed by atoms with Gasteiger partial charge in [-0.15, -0.1) is 0 Å². The molecule has 0 radical (unpaired) electrons. The van der Waals surface area contributed by atoms with Crippen LogP contribution < -0.4 is 0 Å². The molecule has 0 bridgehead atoms. The number of halogens is 1. The Balaban J connectivity index is 1.55. The quantitative estimate of drug-likeness (QED) is 0.511. The van der Waals surface area contributed by atoms with Crippen molar-refractivity contribution >= 4 is 26.8 Å². The third-order valence-corrected chi connectivity index (χ3v) is 6.29. The minimum absolute atomic E-state index is 0.857. The average molecular weight is 390 g/mol. The number of benzene rings is 1. The second kappa shape index (κ2) is 8.08. The Kier molecular flexibility index (Phi) is 6.07. The number of nitrogens with one attached hydrogen (secondary N) is 1. The van der Waals surface area contributed by atoms with Gasteiger partial charge in [-0.1, -0.05) is 62.4 Å². The van der Waals surface area contributed by atoms with E-state index < -0.39 is 0 Å². The van der Waals surface area contributed by atoms with Gasteiger partial charge in [-0.05, 0) is 67.2 Å². The Bertz CT molecular complexity index is 670. The molecule has 1 aromatic carbocycles. The van der Waals surface area contributed by atoms with Gasteiger partial charge in [-0.3, -0.25) is 0 Å². The second-order valence-electron chi connectivity index (χ2n) is 8.39. The molecule has 0 aliphatic heterocycles. The molecule has 24 heavy (non-hydrogen) atoms. The molecular weight excluding hydrogens is 358 g/mol. The van der Waals surface area contributed by atoms with Gasteiger partial charge in [0.1, 0.15) is 0 Å². The number of aromatic amines is 1. The Morgan fingerprint density at radius 1 is 1.17 bits per heavy atom. The van der Waals surface area contributed by atoms with E-state index in [1.807, 2.05) is 0 Å². The molecule has 1 aliphatic rings. The predicted octanol–water partition coefficient (Wildman–Crippen LogP) is 7.28. The summed E-state index contributed by atoms with van der Waals surface area (Å²) in [6.45, 7) is 7.13. The van der Waals surface area contributed by atoms with E-state index in [1.165, 1.54) is 72.4 Å². The van der Waals surface area contributed by atoms with E-state index in [0.717, 1.165) is 17.8 Å². The molecule has 0 amide bonds. The highest BCUT2D eigenvalue weighted by atomic mass is 79.9. The molecule has 2 aromatic rings. The predicted molar refractivity (Wildman–Crippen MR) is 109 cm³/mol. The Labute approximate surface area is 155 Å². The lowest BCUT2D eigenvalue weighted by Gasteiger charge is -2.24. The normalized spacial score (nSPS) is 19.0. The number of aromatic nitrogens is 1. The van der Waals surface area contributed by atoms with Gasteiger partial charge < -0.3 is 4.98 Å². The number of hydrogen-bond acceptors (Lipinski definition) is 0. The van der Waals surface area contributed by atoms with E-state index in [4.69, 9.17) is 0 Å². The molecule has 132 valence electrons. The first-order valence-corrected chi connectivity index (χ1v) is 10.6. The van der Waals surface area contributed by atoms with Crippen molar-refractivity contribution in [2.24, 2.45) is 17.8 Å². The first-order chi connectivity index (χ1) is 11.5. The molecule has 2 atom stereocenters. The van der Waals surface area contributed by atoms with Crippen molar-refractivity contribution in [1.82, 2.24) is 4.98 Å². The van der Waals surface area contributed by atoms with Gasteiger partial charge in [0.15, 0.2) is 0 Å². The van der Waals surface area contributed by atoms with Crippen molar-refractivity contribution in [2.75, 3.05) is 0 Å². The molecule has 0 fully saturated rings. The topological polar surface area (TPSA) is 15.8 Å². The van der Waals surface area contributed by atoms with Crippen LogP contribution in [-0.2, 0) is 12.8 Å². The van der Waals surface area contributed by atoms with Gasteiger partial charge in [0.05, 0.1) is 0 Å². The average Bonchev–Trinajstić information content (AvgIpc) is 2.90. The molecule has 2 heteroatoms. The maximum absolute atomic E-state index is 3.65. The zero-order valence-corrected chi connectivity index (χ0v) is 17.1. The van der Waals surface area contributed by atoms with E-state index in [1.54, 1.807) is 5.56 Å². The van der Waals surface area contributed by atoms with Crippen LogP contribution >= 0.6 is 15.9 Å². The molecule has 2 unspecified atom stereocenters. The first-order valence-electron chi connectivity index (χ1n) is 9.82. The lowest BCUT2D eigenvalue weighted by molar-refractivity contribution is 0.354.